The highest BCUT2D eigenvalue weighted by Crippen LogP contribution is 2.17. The second-order valence-corrected chi connectivity index (χ2v) is 7.72. The lowest BCUT2D eigenvalue weighted by atomic mass is 10.0. The number of rotatable bonds is 8. The molecule has 0 aliphatic heterocycles. The van der Waals surface area contributed by atoms with Gasteiger partial charge in [-0.1, -0.05) is 121 Å². The average Bonchev–Trinajstić information content (AvgIpc) is 2.98. The molecule has 5 nitrogen and oxygen atoms in total. The van der Waals surface area contributed by atoms with E-state index in [1.54, 1.807) is 97.1 Å². The van der Waals surface area contributed by atoms with Crippen molar-refractivity contribution in [3.05, 3.63) is 144 Å². The summed E-state index contributed by atoms with van der Waals surface area (Å²) < 4.78 is 4.83. The molecule has 0 bridgehead atoms. The normalized spacial score (nSPS) is 10.6. The first kappa shape index (κ1) is 29.0. The quantitative estimate of drug-likeness (QED) is 0.226. The zero-order valence-corrected chi connectivity index (χ0v) is 21.1. The Labute approximate surface area is 218 Å². The summed E-state index contributed by atoms with van der Waals surface area (Å²) in [5.74, 6) is -1.20. The molecule has 0 amide bonds. The van der Waals surface area contributed by atoms with Crippen molar-refractivity contribution in [2.24, 2.45) is 0 Å². The first-order chi connectivity index (χ1) is 18.0. The lowest BCUT2D eigenvalue weighted by molar-refractivity contribution is 0.0747. The fourth-order valence-electron chi connectivity index (χ4n) is 3.19. The summed E-state index contributed by atoms with van der Waals surface area (Å²) >= 11 is 0. The van der Waals surface area contributed by atoms with Crippen molar-refractivity contribution in [1.82, 2.24) is 0 Å². The molecule has 37 heavy (non-hydrogen) atoms. The summed E-state index contributed by atoms with van der Waals surface area (Å²) in [6, 6.07) is 34.9. The number of carbonyl (C=O) groups excluding carboxylic acids is 3. The SMILES string of the molecule is CCOCC.O=C(C(=O)c1ccccc1)c1ccccc1.O=C(c1ccccc1)C(O)c1ccccc1. The Morgan fingerprint density at radius 3 is 1.22 bits per heavy atom. The van der Waals surface area contributed by atoms with E-state index in [4.69, 9.17) is 4.74 Å². The van der Waals surface area contributed by atoms with Gasteiger partial charge in [0.05, 0.1) is 0 Å². The van der Waals surface area contributed by atoms with Crippen molar-refractivity contribution in [3.63, 3.8) is 0 Å². The molecular formula is C32H32O5. The van der Waals surface area contributed by atoms with Crippen molar-refractivity contribution in [2.75, 3.05) is 13.2 Å². The Kier molecular flexibility index (Phi) is 12.9. The Morgan fingerprint density at radius 1 is 0.568 bits per heavy atom. The van der Waals surface area contributed by atoms with Gasteiger partial charge in [0, 0.05) is 29.9 Å². The van der Waals surface area contributed by atoms with Crippen LogP contribution in [0.2, 0.25) is 0 Å². The Hall–Kier alpha value is -4.19. The highest BCUT2D eigenvalue weighted by Gasteiger charge is 2.18. The molecule has 1 unspecified atom stereocenters. The molecule has 0 saturated heterocycles. The third-order valence-electron chi connectivity index (χ3n) is 5.11. The molecular weight excluding hydrogens is 464 g/mol. The number of hydrogen-bond donors (Lipinski definition) is 1. The van der Waals surface area contributed by atoms with Crippen LogP contribution in [0.1, 0.15) is 56.6 Å². The second-order valence-electron chi connectivity index (χ2n) is 7.72. The lowest BCUT2D eigenvalue weighted by Crippen LogP contribution is -2.14. The standard InChI is InChI=1S/C14H12O2.C14H10O2.C4H10O/c2*15-13(11-7-3-1-4-8-11)14(16)12-9-5-2-6-10-12;1-3-5-4-2/h1-10,13,15H;1-10H;3-4H2,1-2H3. The summed E-state index contributed by atoms with van der Waals surface area (Å²) in [5, 5.41) is 9.89. The molecule has 1 atom stereocenters. The van der Waals surface area contributed by atoms with Crippen molar-refractivity contribution in [1.29, 1.82) is 0 Å². The first-order valence-corrected chi connectivity index (χ1v) is 12.1. The molecule has 0 saturated carbocycles. The van der Waals surface area contributed by atoms with E-state index in [9.17, 15) is 19.5 Å². The molecule has 190 valence electrons. The van der Waals surface area contributed by atoms with E-state index in [0.717, 1.165) is 13.2 Å². The fourth-order valence-corrected chi connectivity index (χ4v) is 3.19. The van der Waals surface area contributed by atoms with Crippen LogP contribution in [0.5, 0.6) is 0 Å². The van der Waals surface area contributed by atoms with Gasteiger partial charge in [-0.05, 0) is 19.4 Å². The molecule has 0 spiro atoms. The van der Waals surface area contributed by atoms with Gasteiger partial charge in [0.1, 0.15) is 6.10 Å². The molecule has 5 heteroatoms. The summed E-state index contributed by atoms with van der Waals surface area (Å²) in [5.41, 5.74) is 2.00. The maximum Gasteiger partial charge on any atom is 0.233 e. The Bertz CT molecular complexity index is 1160. The third kappa shape index (κ3) is 9.76. The average molecular weight is 497 g/mol. The predicted octanol–water partition coefficient (Wildman–Crippen LogP) is 6.40. The monoisotopic (exact) mass is 496 g/mol. The van der Waals surface area contributed by atoms with Crippen molar-refractivity contribution < 1.29 is 24.2 Å². The minimum absolute atomic E-state index is 0.271. The van der Waals surface area contributed by atoms with Crippen LogP contribution in [0.3, 0.4) is 0 Å². The molecule has 0 aliphatic rings. The van der Waals surface area contributed by atoms with E-state index in [0.29, 0.717) is 22.3 Å². The number of ether oxygens (including phenoxy) is 1. The van der Waals surface area contributed by atoms with Gasteiger partial charge in [-0.2, -0.15) is 0 Å². The van der Waals surface area contributed by atoms with Crippen LogP contribution < -0.4 is 0 Å². The number of benzene rings is 4. The van der Waals surface area contributed by atoms with Gasteiger partial charge in [-0.25, -0.2) is 0 Å². The molecule has 0 radical (unpaired) electrons. The van der Waals surface area contributed by atoms with E-state index >= 15 is 0 Å². The zero-order chi connectivity index (χ0) is 26.9. The van der Waals surface area contributed by atoms with Gasteiger partial charge in [0.15, 0.2) is 5.78 Å². The highest BCUT2D eigenvalue weighted by molar-refractivity contribution is 6.49. The van der Waals surface area contributed by atoms with E-state index in [1.807, 2.05) is 38.1 Å². The van der Waals surface area contributed by atoms with Crippen LogP contribution >= 0.6 is 0 Å². The summed E-state index contributed by atoms with van der Waals surface area (Å²) in [7, 11) is 0. The van der Waals surface area contributed by atoms with Gasteiger partial charge in [-0.3, -0.25) is 14.4 Å². The van der Waals surface area contributed by atoms with Gasteiger partial charge in [0.2, 0.25) is 11.6 Å². The molecule has 0 heterocycles. The maximum atomic E-state index is 11.9. The number of carbonyl (C=O) groups is 3. The Balaban J connectivity index is 0.000000221. The van der Waals surface area contributed by atoms with E-state index in [2.05, 4.69) is 0 Å². The van der Waals surface area contributed by atoms with Gasteiger partial charge in [-0.15, -0.1) is 0 Å². The molecule has 4 aromatic rings. The highest BCUT2D eigenvalue weighted by atomic mass is 16.5. The minimum atomic E-state index is -1.08. The molecule has 4 aromatic carbocycles. The largest absolute Gasteiger partial charge is 0.382 e. The van der Waals surface area contributed by atoms with Crippen molar-refractivity contribution >= 4 is 17.3 Å². The second kappa shape index (κ2) is 16.5. The van der Waals surface area contributed by atoms with Crippen LogP contribution in [0.25, 0.3) is 0 Å². The van der Waals surface area contributed by atoms with Crippen LogP contribution in [0.15, 0.2) is 121 Å². The number of hydrogen-bond acceptors (Lipinski definition) is 5. The maximum absolute atomic E-state index is 11.9. The predicted molar refractivity (Wildman–Crippen MR) is 146 cm³/mol. The van der Waals surface area contributed by atoms with Gasteiger partial charge in [0.25, 0.3) is 0 Å². The van der Waals surface area contributed by atoms with Gasteiger partial charge >= 0.3 is 0 Å². The summed E-state index contributed by atoms with van der Waals surface area (Å²) in [6.45, 7) is 5.67. The smallest absolute Gasteiger partial charge is 0.233 e. The summed E-state index contributed by atoms with van der Waals surface area (Å²) in [6.07, 6.45) is -1.08. The number of Topliss-reactive ketones (excluding diaryl/α,β-unsaturated/α-hetero) is 3. The van der Waals surface area contributed by atoms with Crippen LogP contribution in [-0.2, 0) is 4.74 Å². The van der Waals surface area contributed by atoms with Gasteiger partial charge < -0.3 is 9.84 Å². The molecule has 0 aromatic heterocycles. The van der Waals surface area contributed by atoms with Crippen LogP contribution in [-0.4, -0.2) is 35.7 Å². The van der Waals surface area contributed by atoms with Crippen LogP contribution in [0, 0.1) is 0 Å². The molecule has 4 rings (SSSR count). The number of aliphatic hydroxyl groups excluding tert-OH is 1. The van der Waals surface area contributed by atoms with Crippen molar-refractivity contribution in [3.8, 4) is 0 Å². The van der Waals surface area contributed by atoms with E-state index in [1.165, 1.54) is 0 Å². The van der Waals surface area contributed by atoms with Crippen molar-refractivity contribution in [2.45, 2.75) is 20.0 Å². The Morgan fingerprint density at radius 2 is 0.892 bits per heavy atom. The van der Waals surface area contributed by atoms with Crippen LogP contribution in [0.4, 0.5) is 0 Å². The van der Waals surface area contributed by atoms with E-state index < -0.39 is 17.7 Å². The molecule has 1 N–H and O–H groups in total. The summed E-state index contributed by atoms with van der Waals surface area (Å²) in [4.78, 5) is 35.5. The first-order valence-electron chi connectivity index (χ1n) is 12.1. The lowest BCUT2D eigenvalue weighted by Gasteiger charge is -2.09. The number of aliphatic hydroxyl groups is 1. The topological polar surface area (TPSA) is 80.7 Å². The molecule has 0 aliphatic carbocycles. The molecule has 0 fully saturated rings. The number of ketones is 3. The fraction of sp³-hybridized carbons (Fsp3) is 0.156. The zero-order valence-electron chi connectivity index (χ0n) is 21.1. The third-order valence-corrected chi connectivity index (χ3v) is 5.11. The minimum Gasteiger partial charge on any atom is -0.382 e. The van der Waals surface area contributed by atoms with E-state index in [-0.39, 0.29) is 5.78 Å².